The molecule has 0 atom stereocenters. The van der Waals surface area contributed by atoms with Crippen molar-refractivity contribution >= 4 is 23.5 Å². The van der Waals surface area contributed by atoms with Crippen molar-refractivity contribution in [2.75, 3.05) is 32.1 Å². The van der Waals surface area contributed by atoms with Crippen LogP contribution in [0.4, 0.5) is 5.82 Å². The molecule has 0 aliphatic heterocycles. The number of carbonyl (C=O) groups is 1. The van der Waals surface area contributed by atoms with E-state index in [9.17, 15) is 4.79 Å². The van der Waals surface area contributed by atoms with Gasteiger partial charge in [-0.3, -0.25) is 4.79 Å². The van der Waals surface area contributed by atoms with E-state index in [-0.39, 0.29) is 5.91 Å². The van der Waals surface area contributed by atoms with Gasteiger partial charge in [0.2, 0.25) is 0 Å². The molecule has 1 saturated carbocycles. The van der Waals surface area contributed by atoms with Crippen molar-refractivity contribution in [2.45, 2.75) is 43.7 Å². The summed E-state index contributed by atoms with van der Waals surface area (Å²) >= 11 is 1.58. The number of methoxy groups -OCH3 is 1. The first-order chi connectivity index (χ1) is 14.1. The van der Waals surface area contributed by atoms with Crippen molar-refractivity contribution in [1.82, 2.24) is 15.3 Å². The topological polar surface area (TPSA) is 67.3 Å². The minimum absolute atomic E-state index is 0.00516. The summed E-state index contributed by atoms with van der Waals surface area (Å²) in [6.07, 6.45) is 3.52. The normalized spacial score (nSPS) is 13.3. The second-order valence-electron chi connectivity index (χ2n) is 7.50. The lowest BCUT2D eigenvalue weighted by Gasteiger charge is -2.18. The number of carbonyl (C=O) groups excluding carboxylic acids is 1. The van der Waals surface area contributed by atoms with E-state index in [2.05, 4.69) is 22.1 Å². The Morgan fingerprint density at radius 1 is 1.31 bits per heavy atom. The van der Waals surface area contributed by atoms with Crippen LogP contribution in [-0.2, 0) is 17.1 Å². The molecule has 1 amide bonds. The van der Waals surface area contributed by atoms with E-state index in [4.69, 9.17) is 9.72 Å². The standard InChI is InChI=1S/C22H30N4O2S/c1-4-10-26(2)20-12-19(14-28-3)24-22(25-20)29-15-17-6-5-7-18(11-17)21(27)23-13-16-8-9-16/h5-7,11-12,16H,4,8-10,13-15H2,1-3H3,(H,23,27). The van der Waals surface area contributed by atoms with Crippen LogP contribution in [0.25, 0.3) is 0 Å². The molecule has 3 rings (SSSR count). The van der Waals surface area contributed by atoms with Crippen molar-refractivity contribution in [3.8, 4) is 0 Å². The lowest BCUT2D eigenvalue weighted by atomic mass is 10.1. The van der Waals surface area contributed by atoms with Gasteiger partial charge in [0, 0.05) is 44.6 Å². The van der Waals surface area contributed by atoms with E-state index in [1.165, 1.54) is 12.8 Å². The molecule has 6 nitrogen and oxygen atoms in total. The second kappa shape index (κ2) is 10.6. The van der Waals surface area contributed by atoms with E-state index in [1.807, 2.05) is 37.4 Å². The van der Waals surface area contributed by atoms with Crippen molar-refractivity contribution < 1.29 is 9.53 Å². The number of rotatable bonds is 11. The van der Waals surface area contributed by atoms with Crippen molar-refractivity contribution in [3.63, 3.8) is 0 Å². The molecule has 1 aliphatic carbocycles. The molecule has 0 radical (unpaired) electrons. The lowest BCUT2D eigenvalue weighted by Crippen LogP contribution is -2.25. The number of aromatic nitrogens is 2. The van der Waals surface area contributed by atoms with Gasteiger partial charge in [0.05, 0.1) is 12.3 Å². The summed E-state index contributed by atoms with van der Waals surface area (Å²) in [6, 6.07) is 9.77. The minimum Gasteiger partial charge on any atom is -0.378 e. The third-order valence-electron chi connectivity index (χ3n) is 4.79. The van der Waals surface area contributed by atoms with Gasteiger partial charge in [-0.05, 0) is 42.9 Å². The molecule has 1 fully saturated rings. The van der Waals surface area contributed by atoms with E-state index >= 15 is 0 Å². The van der Waals surface area contributed by atoms with Crippen LogP contribution >= 0.6 is 11.8 Å². The molecule has 1 aromatic carbocycles. The van der Waals surface area contributed by atoms with E-state index in [0.717, 1.165) is 41.7 Å². The summed E-state index contributed by atoms with van der Waals surface area (Å²) in [5.74, 6) is 2.29. The maximum Gasteiger partial charge on any atom is 0.251 e. The van der Waals surface area contributed by atoms with Gasteiger partial charge >= 0.3 is 0 Å². The summed E-state index contributed by atoms with van der Waals surface area (Å²) < 4.78 is 5.26. The van der Waals surface area contributed by atoms with Gasteiger partial charge in [0.15, 0.2) is 5.16 Å². The van der Waals surface area contributed by atoms with Crippen LogP contribution in [0.15, 0.2) is 35.5 Å². The molecule has 156 valence electrons. The van der Waals surface area contributed by atoms with Gasteiger partial charge in [-0.25, -0.2) is 9.97 Å². The quantitative estimate of drug-likeness (QED) is 0.444. The third-order valence-corrected chi connectivity index (χ3v) is 5.71. The molecule has 0 unspecified atom stereocenters. The SMILES string of the molecule is CCCN(C)c1cc(COC)nc(SCc2cccc(C(=O)NCC3CC3)c2)n1. The van der Waals surface area contributed by atoms with Crippen LogP contribution in [0, 0.1) is 5.92 Å². The summed E-state index contributed by atoms with van der Waals surface area (Å²) in [4.78, 5) is 23.8. The monoisotopic (exact) mass is 414 g/mol. The zero-order valence-electron chi connectivity index (χ0n) is 17.5. The smallest absolute Gasteiger partial charge is 0.251 e. The Hall–Kier alpha value is -2.12. The fourth-order valence-electron chi connectivity index (χ4n) is 3.00. The Labute approximate surface area is 177 Å². The molecule has 1 N–H and O–H groups in total. The molecule has 1 heterocycles. The number of nitrogens with one attached hydrogen (secondary N) is 1. The van der Waals surface area contributed by atoms with E-state index < -0.39 is 0 Å². The maximum atomic E-state index is 12.3. The van der Waals surface area contributed by atoms with Gasteiger partial charge in [-0.1, -0.05) is 30.8 Å². The number of thioether (sulfide) groups is 1. The van der Waals surface area contributed by atoms with Crippen LogP contribution < -0.4 is 10.2 Å². The zero-order valence-corrected chi connectivity index (χ0v) is 18.3. The molecule has 1 aliphatic rings. The number of benzene rings is 1. The van der Waals surface area contributed by atoms with Crippen molar-refractivity contribution in [2.24, 2.45) is 5.92 Å². The Morgan fingerprint density at radius 2 is 2.14 bits per heavy atom. The average molecular weight is 415 g/mol. The zero-order chi connectivity index (χ0) is 20.6. The number of ether oxygens (including phenoxy) is 1. The molecule has 0 saturated heterocycles. The molecule has 0 bridgehead atoms. The molecule has 29 heavy (non-hydrogen) atoms. The fourth-order valence-corrected chi connectivity index (χ4v) is 3.82. The van der Waals surface area contributed by atoms with E-state index in [1.54, 1.807) is 18.9 Å². The summed E-state index contributed by atoms with van der Waals surface area (Å²) in [5.41, 5.74) is 2.66. The van der Waals surface area contributed by atoms with Crippen molar-refractivity contribution in [3.05, 3.63) is 47.2 Å². The maximum absolute atomic E-state index is 12.3. The summed E-state index contributed by atoms with van der Waals surface area (Å²) in [6.45, 7) is 4.33. The van der Waals surface area contributed by atoms with Gasteiger partial charge in [-0.15, -0.1) is 0 Å². The Balaban J connectivity index is 1.66. The molecular weight excluding hydrogens is 384 g/mol. The Kier molecular flexibility index (Phi) is 7.89. The molecule has 0 spiro atoms. The minimum atomic E-state index is 0.00516. The summed E-state index contributed by atoms with van der Waals surface area (Å²) in [5, 5.41) is 3.75. The Bertz CT molecular complexity index is 826. The number of hydrogen-bond acceptors (Lipinski definition) is 6. The van der Waals surface area contributed by atoms with Crippen LogP contribution in [-0.4, -0.2) is 43.1 Å². The average Bonchev–Trinajstić information content (AvgIpc) is 3.55. The number of amides is 1. The first-order valence-electron chi connectivity index (χ1n) is 10.2. The lowest BCUT2D eigenvalue weighted by molar-refractivity contribution is 0.0951. The van der Waals surface area contributed by atoms with Crippen LogP contribution in [0.5, 0.6) is 0 Å². The highest BCUT2D eigenvalue weighted by Gasteiger charge is 2.21. The predicted molar refractivity (Wildman–Crippen MR) is 117 cm³/mol. The van der Waals surface area contributed by atoms with Gasteiger partial charge < -0.3 is 15.0 Å². The first-order valence-corrected chi connectivity index (χ1v) is 11.2. The first kappa shape index (κ1) is 21.6. The largest absolute Gasteiger partial charge is 0.378 e. The number of hydrogen-bond donors (Lipinski definition) is 1. The number of nitrogens with zero attached hydrogens (tertiary/aromatic N) is 3. The highest BCUT2D eigenvalue weighted by Crippen LogP contribution is 2.28. The number of anilines is 1. The van der Waals surface area contributed by atoms with Gasteiger partial charge in [0.1, 0.15) is 5.82 Å². The molecule has 1 aromatic heterocycles. The fraction of sp³-hybridized carbons (Fsp3) is 0.500. The van der Waals surface area contributed by atoms with Crippen LogP contribution in [0.3, 0.4) is 0 Å². The van der Waals surface area contributed by atoms with Crippen LogP contribution in [0.1, 0.15) is 47.8 Å². The molecule has 7 heteroatoms. The second-order valence-corrected chi connectivity index (χ2v) is 8.44. The summed E-state index contributed by atoms with van der Waals surface area (Å²) in [7, 11) is 3.71. The highest BCUT2D eigenvalue weighted by atomic mass is 32.2. The van der Waals surface area contributed by atoms with Crippen LogP contribution in [0.2, 0.25) is 0 Å². The Morgan fingerprint density at radius 3 is 2.86 bits per heavy atom. The van der Waals surface area contributed by atoms with Gasteiger partial charge in [-0.2, -0.15) is 0 Å². The third kappa shape index (κ3) is 6.72. The van der Waals surface area contributed by atoms with Gasteiger partial charge in [0.25, 0.3) is 5.91 Å². The molecule has 2 aromatic rings. The van der Waals surface area contributed by atoms with Crippen molar-refractivity contribution in [1.29, 1.82) is 0 Å². The molecular formula is C22H30N4O2S. The van der Waals surface area contributed by atoms with E-state index in [0.29, 0.717) is 23.8 Å². The predicted octanol–water partition coefficient (Wildman–Crippen LogP) is 3.90. The highest BCUT2D eigenvalue weighted by molar-refractivity contribution is 7.98.